The first-order valence-corrected chi connectivity index (χ1v) is 18.8. The van der Waals surface area contributed by atoms with E-state index < -0.39 is 34.7 Å². The zero-order chi connectivity index (χ0) is 37.4. The summed E-state index contributed by atoms with van der Waals surface area (Å²) in [5.74, 6) is -0.979. The zero-order valence-corrected chi connectivity index (χ0v) is 30.3. The second-order valence-electron chi connectivity index (χ2n) is 14.3. The normalized spacial score (nSPS) is 16.0. The lowest BCUT2D eigenvalue weighted by Gasteiger charge is -2.43. The fraction of sp³-hybridized carbons (Fsp3) is 0.208. The Hall–Kier alpha value is -5.82. The summed E-state index contributed by atoms with van der Waals surface area (Å²) in [6, 6.07) is 57.9. The van der Waals surface area contributed by atoms with Gasteiger partial charge in [0.15, 0.2) is 0 Å². The number of carbonyl (C=O) groups is 2. The largest absolute Gasteiger partial charge is 0.286 e. The molecule has 0 spiro atoms. The van der Waals surface area contributed by atoms with Crippen molar-refractivity contribution in [3.8, 4) is 0 Å². The van der Waals surface area contributed by atoms with Gasteiger partial charge in [0.2, 0.25) is 11.8 Å². The van der Waals surface area contributed by atoms with Gasteiger partial charge in [-0.1, -0.05) is 195 Å². The average Bonchev–Trinajstić information content (AvgIpc) is 3.26. The first-order valence-electron chi connectivity index (χ1n) is 18.8. The van der Waals surface area contributed by atoms with Crippen molar-refractivity contribution in [2.45, 2.75) is 61.4 Å². The number of rotatable bonds is 12. The third-order valence-corrected chi connectivity index (χ3v) is 11.3. The van der Waals surface area contributed by atoms with E-state index in [0.717, 1.165) is 56.3 Å². The summed E-state index contributed by atoms with van der Waals surface area (Å²) < 4.78 is 0. The molecule has 0 saturated heterocycles. The van der Waals surface area contributed by atoms with Gasteiger partial charge in [-0.2, -0.15) is 0 Å². The van der Waals surface area contributed by atoms with Gasteiger partial charge in [-0.15, -0.1) is 0 Å². The lowest BCUT2D eigenvalue weighted by Crippen LogP contribution is -2.56. The maximum Gasteiger partial charge on any atom is 0.247 e. The Morgan fingerprint density at radius 1 is 0.407 bits per heavy atom. The first-order chi connectivity index (χ1) is 26.4. The maximum absolute atomic E-state index is 14.6. The van der Waals surface area contributed by atoms with Crippen LogP contribution in [-0.2, 0) is 20.4 Å². The molecule has 54 heavy (non-hydrogen) atoms. The van der Waals surface area contributed by atoms with E-state index in [0.29, 0.717) is 12.8 Å². The lowest BCUT2D eigenvalue weighted by molar-refractivity contribution is -0.214. The molecule has 6 aromatic rings. The third-order valence-electron chi connectivity index (χ3n) is 11.3. The number of hydrogen-bond donors (Lipinski definition) is 2. The van der Waals surface area contributed by atoms with Gasteiger partial charge in [0.05, 0.1) is 22.9 Å². The Morgan fingerprint density at radius 3 is 0.815 bits per heavy atom. The van der Waals surface area contributed by atoms with Crippen LogP contribution in [0.25, 0.3) is 0 Å². The molecule has 7 rings (SSSR count). The van der Waals surface area contributed by atoms with Crippen molar-refractivity contribution < 1.29 is 20.0 Å². The number of hydrogen-bond acceptors (Lipinski definition) is 4. The van der Waals surface area contributed by atoms with Crippen LogP contribution < -0.4 is 0 Å². The highest BCUT2D eigenvalue weighted by atomic mass is 16.5. The van der Waals surface area contributed by atoms with Crippen LogP contribution in [0.1, 0.15) is 71.9 Å². The Labute approximate surface area is 317 Å². The van der Waals surface area contributed by atoms with Gasteiger partial charge in [0, 0.05) is 12.8 Å². The number of nitrogens with zero attached hydrogens (tertiary/aromatic N) is 2. The molecule has 0 radical (unpaired) electrons. The van der Waals surface area contributed by atoms with Gasteiger partial charge in [0.25, 0.3) is 0 Å². The van der Waals surface area contributed by atoms with Crippen LogP contribution in [0.4, 0.5) is 0 Å². The number of hydroxylamine groups is 4. The van der Waals surface area contributed by atoms with Crippen LogP contribution in [0.3, 0.4) is 0 Å². The van der Waals surface area contributed by atoms with Crippen molar-refractivity contribution in [3.05, 3.63) is 215 Å². The van der Waals surface area contributed by atoms with Crippen molar-refractivity contribution in [3.63, 3.8) is 0 Å². The molecule has 0 unspecified atom stereocenters. The highest BCUT2D eigenvalue weighted by Gasteiger charge is 2.45. The summed E-state index contributed by atoms with van der Waals surface area (Å²) in [7, 11) is 0. The molecule has 2 amide bonds. The summed E-state index contributed by atoms with van der Waals surface area (Å²) in [5, 5.41) is 25.5. The highest BCUT2D eigenvalue weighted by molar-refractivity contribution is 5.81. The number of benzene rings is 6. The summed E-state index contributed by atoms with van der Waals surface area (Å²) in [4.78, 5) is 29.2. The standard InChI is InChI=1S/C48H46N2O4/c51-45(35-47(37-21-7-1-8-22-37,38-23-9-2-10-24-38)39-25-11-3-12-26-39)49(53)43-33-19-20-34-44(43)50(54)46(52)36-48(40-27-13-4-14-28-40,41-29-15-5-16-30-41)42-31-17-6-18-32-42/h1-18,21-32,43-44,53-54H,19-20,33-36H2/t43-,44-/m0/s1. The molecule has 1 saturated carbocycles. The Morgan fingerprint density at radius 2 is 0.611 bits per heavy atom. The van der Waals surface area contributed by atoms with E-state index in [1.807, 2.05) is 182 Å². The van der Waals surface area contributed by atoms with Crippen molar-refractivity contribution in [1.29, 1.82) is 0 Å². The highest BCUT2D eigenvalue weighted by Crippen LogP contribution is 2.45. The Balaban J connectivity index is 1.23. The monoisotopic (exact) mass is 714 g/mol. The van der Waals surface area contributed by atoms with Crippen LogP contribution in [0.5, 0.6) is 0 Å². The van der Waals surface area contributed by atoms with Gasteiger partial charge < -0.3 is 0 Å². The Kier molecular flexibility index (Phi) is 11.1. The maximum atomic E-state index is 14.6. The van der Waals surface area contributed by atoms with E-state index in [2.05, 4.69) is 0 Å². The van der Waals surface area contributed by atoms with Crippen LogP contribution in [0.15, 0.2) is 182 Å². The van der Waals surface area contributed by atoms with E-state index in [1.165, 1.54) is 0 Å². The van der Waals surface area contributed by atoms with Gasteiger partial charge in [-0.3, -0.25) is 20.0 Å². The summed E-state index contributed by atoms with van der Waals surface area (Å²) in [6.45, 7) is 0. The molecule has 272 valence electrons. The molecule has 1 aliphatic rings. The van der Waals surface area contributed by atoms with Gasteiger partial charge in [0.1, 0.15) is 0 Å². The summed E-state index contributed by atoms with van der Waals surface area (Å²) in [5.41, 5.74) is 3.68. The van der Waals surface area contributed by atoms with Crippen molar-refractivity contribution in [2.24, 2.45) is 0 Å². The zero-order valence-electron chi connectivity index (χ0n) is 30.3. The van der Waals surface area contributed by atoms with Crippen molar-refractivity contribution >= 4 is 11.8 Å². The van der Waals surface area contributed by atoms with Crippen molar-refractivity contribution in [1.82, 2.24) is 10.1 Å². The molecule has 2 N–H and O–H groups in total. The molecular weight excluding hydrogens is 669 g/mol. The van der Waals surface area contributed by atoms with Gasteiger partial charge >= 0.3 is 0 Å². The molecule has 6 aromatic carbocycles. The van der Waals surface area contributed by atoms with Crippen LogP contribution in [0, 0.1) is 0 Å². The van der Waals surface area contributed by atoms with E-state index in [1.54, 1.807) is 0 Å². The number of amides is 2. The summed E-state index contributed by atoms with van der Waals surface area (Å²) in [6.07, 6.45) is 2.24. The molecule has 0 heterocycles. The molecule has 0 bridgehead atoms. The molecule has 6 heteroatoms. The minimum atomic E-state index is -0.915. The SMILES string of the molecule is O=C(CC(c1ccccc1)(c1ccccc1)c1ccccc1)N(O)[C@H]1CCCC[C@@H]1N(O)C(=O)CC(c1ccccc1)(c1ccccc1)c1ccccc1. The van der Waals surface area contributed by atoms with Gasteiger partial charge in [-0.05, 0) is 46.2 Å². The first kappa shape index (κ1) is 36.5. The van der Waals surface area contributed by atoms with Crippen LogP contribution >= 0.6 is 0 Å². The fourth-order valence-electron chi connectivity index (χ4n) is 8.60. The van der Waals surface area contributed by atoms with E-state index in [9.17, 15) is 20.0 Å². The molecular formula is C48H46N2O4. The average molecular weight is 715 g/mol. The number of carbonyl (C=O) groups excluding carboxylic acids is 2. The molecule has 6 nitrogen and oxygen atoms in total. The topological polar surface area (TPSA) is 81.1 Å². The molecule has 0 aliphatic heterocycles. The van der Waals surface area contributed by atoms with Gasteiger partial charge in [-0.25, -0.2) is 10.1 Å². The molecule has 0 aromatic heterocycles. The Bertz CT molecular complexity index is 1750. The second kappa shape index (κ2) is 16.5. The molecule has 1 fully saturated rings. The van der Waals surface area contributed by atoms with Crippen molar-refractivity contribution in [2.75, 3.05) is 0 Å². The summed E-state index contributed by atoms with van der Waals surface area (Å²) >= 11 is 0. The van der Waals surface area contributed by atoms with Crippen LogP contribution in [0.2, 0.25) is 0 Å². The predicted octanol–water partition coefficient (Wildman–Crippen LogP) is 9.58. The fourth-order valence-corrected chi connectivity index (χ4v) is 8.60. The van der Waals surface area contributed by atoms with Crippen LogP contribution in [-0.4, -0.2) is 44.4 Å². The predicted molar refractivity (Wildman–Crippen MR) is 211 cm³/mol. The minimum absolute atomic E-state index is 0.0662. The lowest BCUT2D eigenvalue weighted by atomic mass is 9.67. The van der Waals surface area contributed by atoms with E-state index in [4.69, 9.17) is 0 Å². The second-order valence-corrected chi connectivity index (χ2v) is 14.3. The van der Waals surface area contributed by atoms with E-state index in [-0.39, 0.29) is 12.8 Å². The molecule has 2 atom stereocenters. The smallest absolute Gasteiger partial charge is 0.247 e. The van der Waals surface area contributed by atoms with E-state index >= 15 is 0 Å². The minimum Gasteiger partial charge on any atom is -0.286 e. The third kappa shape index (κ3) is 7.11. The molecule has 1 aliphatic carbocycles. The quantitative estimate of drug-likeness (QED) is 0.0752.